The fraction of sp³-hybridized carbons (Fsp3) is 0.185. The van der Waals surface area contributed by atoms with Gasteiger partial charge in [-0.1, -0.05) is 42.0 Å². The summed E-state index contributed by atoms with van der Waals surface area (Å²) in [4.78, 5) is 31.0. The number of amides is 1. The Bertz CT molecular complexity index is 1460. The molecule has 0 aliphatic heterocycles. The molecule has 2 aromatic heterocycles. The van der Waals surface area contributed by atoms with E-state index >= 15 is 0 Å². The lowest BCUT2D eigenvalue weighted by Crippen LogP contribution is -2.13. The normalized spacial score (nSPS) is 10.8. The lowest BCUT2D eigenvalue weighted by atomic mass is 10.0. The van der Waals surface area contributed by atoms with Gasteiger partial charge < -0.3 is 10.1 Å². The van der Waals surface area contributed by atoms with Crippen LogP contribution in [0.3, 0.4) is 0 Å². The van der Waals surface area contributed by atoms with Crippen molar-refractivity contribution in [3.8, 4) is 17.3 Å². The maximum atomic E-state index is 13.5. The van der Waals surface area contributed by atoms with Gasteiger partial charge in [0.2, 0.25) is 0 Å². The number of rotatable bonds is 5. The second kappa shape index (κ2) is 9.46. The van der Waals surface area contributed by atoms with Crippen LogP contribution in [0.1, 0.15) is 50.6 Å². The molecule has 0 bridgehead atoms. The monoisotopic (exact) mass is 469 g/mol. The number of carbonyl (C=O) groups is 2. The lowest BCUT2D eigenvalue weighted by Gasteiger charge is -2.10. The van der Waals surface area contributed by atoms with Crippen molar-refractivity contribution in [1.82, 2.24) is 4.98 Å². The molecule has 0 fully saturated rings. The molecule has 0 aliphatic rings. The number of nitriles is 1. The van der Waals surface area contributed by atoms with Crippen LogP contribution >= 0.6 is 11.3 Å². The molecule has 0 saturated carbocycles. The zero-order valence-electron chi connectivity index (χ0n) is 19.3. The van der Waals surface area contributed by atoms with Gasteiger partial charge in [-0.2, -0.15) is 5.26 Å². The van der Waals surface area contributed by atoms with Crippen molar-refractivity contribution in [3.63, 3.8) is 0 Å². The molecule has 0 saturated heterocycles. The summed E-state index contributed by atoms with van der Waals surface area (Å²) in [7, 11) is 0. The Balaban J connectivity index is 1.77. The van der Waals surface area contributed by atoms with Gasteiger partial charge in [0.1, 0.15) is 15.9 Å². The number of fused-ring (bicyclic) bond motifs is 1. The largest absolute Gasteiger partial charge is 0.459 e. The summed E-state index contributed by atoms with van der Waals surface area (Å²) < 4.78 is 5.29. The van der Waals surface area contributed by atoms with Crippen molar-refractivity contribution >= 4 is 39.1 Å². The highest BCUT2D eigenvalue weighted by atomic mass is 32.1. The number of ether oxygens (including phenoxy) is 1. The number of hydrogen-bond acceptors (Lipinski definition) is 6. The summed E-state index contributed by atoms with van der Waals surface area (Å²) in [5.41, 5.74) is 4.55. The van der Waals surface area contributed by atoms with E-state index in [2.05, 4.69) is 11.4 Å². The molecule has 0 unspecified atom stereocenters. The quantitative estimate of drug-likeness (QED) is 0.348. The van der Waals surface area contributed by atoms with E-state index in [-0.39, 0.29) is 17.6 Å². The summed E-state index contributed by atoms with van der Waals surface area (Å²) in [6, 6.07) is 19.2. The molecule has 170 valence electrons. The topological polar surface area (TPSA) is 92.1 Å². The van der Waals surface area contributed by atoms with Crippen LogP contribution in [-0.2, 0) is 4.74 Å². The number of aromatic nitrogens is 1. The van der Waals surface area contributed by atoms with Gasteiger partial charge in [0.15, 0.2) is 0 Å². The molecule has 2 heterocycles. The third kappa shape index (κ3) is 4.54. The second-order valence-corrected chi connectivity index (χ2v) is 9.24. The van der Waals surface area contributed by atoms with Crippen LogP contribution in [0.25, 0.3) is 22.2 Å². The average molecular weight is 470 g/mol. The molecule has 1 N–H and O–H groups in total. The molecule has 4 aromatic rings. The highest BCUT2D eigenvalue weighted by Crippen LogP contribution is 2.34. The van der Waals surface area contributed by atoms with Crippen molar-refractivity contribution in [2.75, 3.05) is 5.32 Å². The van der Waals surface area contributed by atoms with Crippen molar-refractivity contribution in [1.29, 1.82) is 5.26 Å². The van der Waals surface area contributed by atoms with Gasteiger partial charge in [-0.3, -0.25) is 4.79 Å². The van der Waals surface area contributed by atoms with Crippen LogP contribution in [0.2, 0.25) is 0 Å². The number of hydrogen-bond donors (Lipinski definition) is 1. The van der Waals surface area contributed by atoms with Crippen LogP contribution in [0.15, 0.2) is 54.6 Å². The Morgan fingerprint density at radius 2 is 1.85 bits per heavy atom. The van der Waals surface area contributed by atoms with Gasteiger partial charge in [0.05, 0.1) is 28.4 Å². The minimum absolute atomic E-state index is 0.256. The van der Waals surface area contributed by atoms with Gasteiger partial charge in [-0.25, -0.2) is 9.78 Å². The van der Waals surface area contributed by atoms with Gasteiger partial charge in [0.25, 0.3) is 5.91 Å². The molecule has 0 spiro atoms. The van der Waals surface area contributed by atoms with E-state index in [1.54, 1.807) is 26.8 Å². The van der Waals surface area contributed by atoms with E-state index in [4.69, 9.17) is 9.72 Å². The first kappa shape index (κ1) is 23.1. The molecular weight excluding hydrogens is 446 g/mol. The molecule has 6 nitrogen and oxygen atoms in total. The summed E-state index contributed by atoms with van der Waals surface area (Å²) in [6.07, 6.45) is -0.291. The Hall–Kier alpha value is -4.02. The average Bonchev–Trinajstić information content (AvgIpc) is 3.12. The number of pyridine rings is 1. The number of carbonyl (C=O) groups excluding carboxylic acids is 2. The van der Waals surface area contributed by atoms with Crippen LogP contribution < -0.4 is 5.32 Å². The van der Waals surface area contributed by atoms with Gasteiger partial charge in [-0.15, -0.1) is 11.3 Å². The van der Waals surface area contributed by atoms with Crippen LogP contribution in [0.5, 0.6) is 0 Å². The van der Waals surface area contributed by atoms with Crippen molar-refractivity contribution in [3.05, 3.63) is 81.7 Å². The fourth-order valence-corrected chi connectivity index (χ4v) is 4.72. The number of benzene rings is 2. The van der Waals surface area contributed by atoms with Crippen molar-refractivity contribution in [2.24, 2.45) is 0 Å². The first-order valence-corrected chi connectivity index (χ1v) is 11.6. The van der Waals surface area contributed by atoms with Gasteiger partial charge >= 0.3 is 5.97 Å². The number of nitrogens with zero attached hydrogens (tertiary/aromatic N) is 2. The molecule has 4 rings (SSSR count). The number of para-hydroxylation sites is 1. The lowest BCUT2D eigenvalue weighted by molar-refractivity contribution is 0.0383. The standard InChI is InChI=1S/C27H23N3O3S/c1-15(2)33-27(32)24-17(4)21(14-28)26(34-24)30-25(31)20-13-23(18-9-7-8-16(3)12-18)29-22-11-6-5-10-19(20)22/h5-13,15H,1-4H3,(H,30,31). The summed E-state index contributed by atoms with van der Waals surface area (Å²) in [5.74, 6) is -0.889. The summed E-state index contributed by atoms with van der Waals surface area (Å²) in [6.45, 7) is 7.20. The third-order valence-electron chi connectivity index (χ3n) is 5.29. The van der Waals surface area contributed by atoms with E-state index < -0.39 is 5.97 Å². The second-order valence-electron chi connectivity index (χ2n) is 8.22. The predicted molar refractivity (Wildman–Crippen MR) is 134 cm³/mol. The summed E-state index contributed by atoms with van der Waals surface area (Å²) in [5, 5.41) is 13.6. The number of thiophene rings is 1. The molecule has 0 radical (unpaired) electrons. The molecule has 2 aromatic carbocycles. The highest BCUT2D eigenvalue weighted by Gasteiger charge is 2.24. The fourth-order valence-electron chi connectivity index (χ4n) is 3.68. The smallest absolute Gasteiger partial charge is 0.348 e. The van der Waals surface area contributed by atoms with Crippen LogP contribution in [-0.4, -0.2) is 23.0 Å². The van der Waals surface area contributed by atoms with Crippen LogP contribution in [0.4, 0.5) is 5.00 Å². The molecule has 1 amide bonds. The Morgan fingerprint density at radius 3 is 2.56 bits per heavy atom. The van der Waals surface area contributed by atoms with E-state index in [0.717, 1.165) is 22.5 Å². The molecule has 34 heavy (non-hydrogen) atoms. The highest BCUT2D eigenvalue weighted by molar-refractivity contribution is 7.18. The van der Waals surface area contributed by atoms with E-state index in [1.807, 2.05) is 55.5 Å². The first-order chi connectivity index (χ1) is 16.3. The van der Waals surface area contributed by atoms with Gasteiger partial charge in [-0.05, 0) is 51.5 Å². The Kier molecular flexibility index (Phi) is 6.44. The Morgan fingerprint density at radius 1 is 1.09 bits per heavy atom. The number of nitrogens with one attached hydrogen (secondary N) is 1. The first-order valence-electron chi connectivity index (χ1n) is 10.8. The maximum Gasteiger partial charge on any atom is 0.348 e. The SMILES string of the molecule is Cc1cccc(-c2cc(C(=O)Nc3sc(C(=O)OC(C)C)c(C)c3C#N)c3ccccc3n2)c1. The maximum absolute atomic E-state index is 13.5. The van der Waals surface area contributed by atoms with E-state index in [0.29, 0.717) is 37.6 Å². The van der Waals surface area contributed by atoms with Crippen LogP contribution in [0, 0.1) is 25.2 Å². The number of aryl methyl sites for hydroxylation is 1. The van der Waals surface area contributed by atoms with Crippen molar-refractivity contribution < 1.29 is 14.3 Å². The summed E-state index contributed by atoms with van der Waals surface area (Å²) >= 11 is 1.05. The molecule has 0 atom stereocenters. The minimum atomic E-state index is -0.509. The number of esters is 1. The minimum Gasteiger partial charge on any atom is -0.459 e. The molecular formula is C27H23N3O3S. The van der Waals surface area contributed by atoms with E-state index in [9.17, 15) is 14.9 Å². The van der Waals surface area contributed by atoms with Gasteiger partial charge in [0, 0.05) is 10.9 Å². The molecule has 7 heteroatoms. The zero-order valence-corrected chi connectivity index (χ0v) is 20.1. The van der Waals surface area contributed by atoms with Crippen molar-refractivity contribution in [2.45, 2.75) is 33.8 Å². The Labute approximate surface area is 201 Å². The predicted octanol–water partition coefficient (Wildman–Crippen LogP) is 6.27. The molecule has 0 aliphatic carbocycles. The van der Waals surface area contributed by atoms with E-state index in [1.165, 1.54) is 0 Å². The third-order valence-corrected chi connectivity index (χ3v) is 6.48. The number of anilines is 1. The zero-order chi connectivity index (χ0) is 24.4.